The first-order chi connectivity index (χ1) is 11.4. The van der Waals surface area contributed by atoms with Crippen molar-refractivity contribution in [2.24, 2.45) is 11.5 Å². The van der Waals surface area contributed by atoms with Gasteiger partial charge in [-0.15, -0.1) is 0 Å². The Morgan fingerprint density at radius 1 is 0.692 bits per heavy atom. The van der Waals surface area contributed by atoms with Crippen LogP contribution in [0.25, 0.3) is 0 Å². The second-order valence-corrected chi connectivity index (χ2v) is 5.23. The van der Waals surface area contributed by atoms with Gasteiger partial charge in [0.25, 0.3) is 0 Å². The molecule has 128 valence electrons. The van der Waals surface area contributed by atoms with Gasteiger partial charge in [-0.25, -0.2) is 0 Å². The Balaban J connectivity index is 0. The van der Waals surface area contributed by atoms with E-state index in [-0.39, 0.29) is 59.1 Å². The number of carboxylic acids is 2. The predicted molar refractivity (Wildman–Crippen MR) is 86.3 cm³/mol. The summed E-state index contributed by atoms with van der Waals surface area (Å²) in [6.45, 7) is 0. The summed E-state index contributed by atoms with van der Waals surface area (Å²) >= 11 is 0. The molecule has 0 fully saturated rings. The van der Waals surface area contributed by atoms with Crippen LogP contribution in [-0.4, -0.2) is 24.0 Å². The molecule has 2 atom stereocenters. The molecule has 0 bridgehead atoms. The molecule has 2 aromatic carbocycles. The van der Waals surface area contributed by atoms with Crippen LogP contribution in [0.15, 0.2) is 60.7 Å². The third-order valence-corrected chi connectivity index (χ3v) is 3.20. The summed E-state index contributed by atoms with van der Waals surface area (Å²) in [4.78, 5) is 20.5. The van der Waals surface area contributed by atoms with Gasteiger partial charge in [0.2, 0.25) is 0 Å². The van der Waals surface area contributed by atoms with Gasteiger partial charge in [0.1, 0.15) is 0 Å². The van der Waals surface area contributed by atoms with E-state index < -0.39 is 24.0 Å². The third-order valence-electron chi connectivity index (χ3n) is 3.20. The number of benzene rings is 2. The fourth-order valence-corrected chi connectivity index (χ4v) is 1.90. The Labute approximate surface area is 197 Å². The van der Waals surface area contributed by atoms with Crippen LogP contribution in [0, 0.1) is 0 Å². The molecule has 0 radical (unpaired) electrons. The summed E-state index contributed by atoms with van der Waals surface area (Å²) in [5.74, 6) is -2.42. The van der Waals surface area contributed by atoms with Gasteiger partial charge in [-0.2, -0.15) is 0 Å². The molecular weight excluding hydrogens is 354 g/mol. The fourth-order valence-electron chi connectivity index (χ4n) is 1.90. The summed E-state index contributed by atoms with van der Waals surface area (Å²) in [5.41, 5.74) is 12.4. The molecule has 26 heavy (non-hydrogen) atoms. The molecule has 0 aliphatic carbocycles. The van der Waals surface area contributed by atoms with Gasteiger partial charge in [0, 0.05) is 12.1 Å². The van der Waals surface area contributed by atoms with E-state index in [2.05, 4.69) is 0 Å². The molecule has 6 nitrogen and oxygen atoms in total. The first-order valence-electron chi connectivity index (χ1n) is 7.41. The Morgan fingerprint density at radius 2 is 0.962 bits per heavy atom. The minimum Gasteiger partial charge on any atom is -0.548 e. The summed E-state index contributed by atoms with van der Waals surface area (Å²) in [7, 11) is 0. The maximum atomic E-state index is 10.3. The summed E-state index contributed by atoms with van der Waals surface area (Å²) < 4.78 is 0. The third kappa shape index (κ3) is 11.8. The van der Waals surface area contributed by atoms with Crippen LogP contribution in [0.3, 0.4) is 0 Å². The van der Waals surface area contributed by atoms with E-state index >= 15 is 0 Å². The Hall–Kier alpha value is -0.700. The molecule has 0 amide bonds. The van der Waals surface area contributed by atoms with Crippen molar-refractivity contribution >= 4 is 11.9 Å². The quantitative estimate of drug-likeness (QED) is 0.483. The van der Waals surface area contributed by atoms with Crippen molar-refractivity contribution in [2.45, 2.75) is 24.9 Å². The molecule has 4 N–H and O–H groups in total. The smallest absolute Gasteiger partial charge is 0.548 e. The van der Waals surface area contributed by atoms with E-state index in [1.54, 1.807) is 0 Å². The van der Waals surface area contributed by atoms with Gasteiger partial charge in [0.15, 0.2) is 0 Å². The number of rotatable bonds is 6. The van der Waals surface area contributed by atoms with Crippen LogP contribution >= 0.6 is 0 Å². The minimum atomic E-state index is -1.21. The van der Waals surface area contributed by atoms with Crippen LogP contribution in [0.1, 0.15) is 11.1 Å². The van der Waals surface area contributed by atoms with Crippen LogP contribution in [0.5, 0.6) is 0 Å². The maximum Gasteiger partial charge on any atom is 1.00 e. The number of nitrogens with two attached hydrogens (primary N) is 2. The molecule has 0 aliphatic heterocycles. The Bertz CT molecular complexity index is 585. The van der Waals surface area contributed by atoms with E-state index in [0.29, 0.717) is 12.8 Å². The molecule has 0 saturated heterocycles. The van der Waals surface area contributed by atoms with Gasteiger partial charge >= 0.3 is 59.1 Å². The van der Waals surface area contributed by atoms with Crippen molar-refractivity contribution < 1.29 is 78.9 Å². The van der Waals surface area contributed by atoms with E-state index in [9.17, 15) is 19.8 Å². The fraction of sp³-hybridized carbons (Fsp3) is 0.222. The Kier molecular flexibility index (Phi) is 16.3. The van der Waals surface area contributed by atoms with Crippen molar-refractivity contribution in [1.82, 2.24) is 0 Å². The molecule has 0 aromatic heterocycles. The first-order valence-corrected chi connectivity index (χ1v) is 7.41. The summed E-state index contributed by atoms with van der Waals surface area (Å²) in [6.07, 6.45) is 0.645. The number of hydrogen-bond donors (Lipinski definition) is 2. The van der Waals surface area contributed by atoms with Crippen LogP contribution in [0.2, 0.25) is 0 Å². The number of carbonyl (C=O) groups is 2. The number of hydrogen-bond acceptors (Lipinski definition) is 6. The minimum absolute atomic E-state index is 0. The molecule has 2 rings (SSSR count). The van der Waals surface area contributed by atoms with Gasteiger partial charge in [0.05, 0.1) is 11.9 Å². The second kappa shape index (κ2) is 15.4. The maximum absolute atomic E-state index is 10.3. The topological polar surface area (TPSA) is 132 Å². The van der Waals surface area contributed by atoms with Gasteiger partial charge in [-0.3, -0.25) is 0 Å². The number of carbonyl (C=O) groups excluding carboxylic acids is 2. The monoisotopic (exact) mass is 374 g/mol. The van der Waals surface area contributed by atoms with Gasteiger partial charge in [-0.05, 0) is 24.0 Å². The second-order valence-electron chi connectivity index (χ2n) is 5.23. The van der Waals surface area contributed by atoms with Crippen molar-refractivity contribution in [3.05, 3.63) is 71.8 Å². The van der Waals surface area contributed by atoms with E-state index in [4.69, 9.17) is 11.5 Å². The molecule has 0 aliphatic rings. The largest absolute Gasteiger partial charge is 1.00 e. The molecule has 0 spiro atoms. The summed E-state index contributed by atoms with van der Waals surface area (Å²) in [6, 6.07) is 16.6. The molecular formula is C18H20N2Na2O4. The zero-order chi connectivity index (χ0) is 17.9. The normalized spacial score (nSPS) is 11.5. The molecule has 0 heterocycles. The van der Waals surface area contributed by atoms with Crippen molar-refractivity contribution in [3.8, 4) is 0 Å². The molecule has 8 heteroatoms. The van der Waals surface area contributed by atoms with Crippen LogP contribution in [0.4, 0.5) is 0 Å². The van der Waals surface area contributed by atoms with Crippen molar-refractivity contribution in [1.29, 1.82) is 0 Å². The molecule has 2 aromatic rings. The first kappa shape index (κ1) is 27.5. The zero-order valence-corrected chi connectivity index (χ0v) is 19.1. The Morgan fingerprint density at radius 3 is 1.19 bits per heavy atom. The van der Waals surface area contributed by atoms with Crippen molar-refractivity contribution in [3.63, 3.8) is 0 Å². The van der Waals surface area contributed by atoms with Gasteiger partial charge < -0.3 is 31.3 Å². The van der Waals surface area contributed by atoms with Crippen molar-refractivity contribution in [2.75, 3.05) is 0 Å². The summed E-state index contributed by atoms with van der Waals surface area (Å²) in [5, 5.41) is 20.5. The number of aliphatic carboxylic acids is 2. The predicted octanol–water partition coefficient (Wildman–Crippen LogP) is -7.38. The average molecular weight is 374 g/mol. The van der Waals surface area contributed by atoms with E-state index in [0.717, 1.165) is 11.1 Å². The van der Waals surface area contributed by atoms with Crippen LogP contribution < -0.4 is 80.8 Å². The van der Waals surface area contributed by atoms with Crippen LogP contribution in [-0.2, 0) is 22.4 Å². The molecule has 0 saturated carbocycles. The van der Waals surface area contributed by atoms with E-state index in [1.165, 1.54) is 0 Å². The average Bonchev–Trinajstić information content (AvgIpc) is 2.57. The SMILES string of the molecule is N[C@@H](Cc1ccccc1)C(=O)[O-].N[C@@H](Cc1ccccc1)C(=O)[O-].[Na+].[Na+]. The van der Waals surface area contributed by atoms with Gasteiger partial charge in [-0.1, -0.05) is 60.7 Å². The standard InChI is InChI=1S/2C9H11NO2.2Na/c2*10-8(9(11)12)6-7-4-2-1-3-5-7;;/h2*1-5,8H,6,10H2,(H,11,12);;/q;;2*+1/p-2/t2*8-;;/m00../s1. The zero-order valence-electron chi connectivity index (χ0n) is 15.1. The van der Waals surface area contributed by atoms with E-state index in [1.807, 2.05) is 60.7 Å². The molecule has 0 unspecified atom stereocenters. The number of carboxylic acid groups (broad SMARTS) is 2.